The SMILES string of the molecule is Cc1cccnc1C(NC(=O)c1ccc2c(c1)OCC(=O)N2)c1ccc(OC(F)(F)F)c(F)c1. The van der Waals surface area contributed by atoms with Gasteiger partial charge in [-0.3, -0.25) is 14.6 Å². The molecule has 0 saturated carbocycles. The number of amides is 2. The molecule has 2 N–H and O–H groups in total. The molecule has 1 atom stereocenters. The van der Waals surface area contributed by atoms with Crippen molar-refractivity contribution >= 4 is 17.5 Å². The summed E-state index contributed by atoms with van der Waals surface area (Å²) < 4.78 is 61.0. The van der Waals surface area contributed by atoms with Crippen molar-refractivity contribution in [3.63, 3.8) is 0 Å². The van der Waals surface area contributed by atoms with E-state index >= 15 is 0 Å². The molecule has 0 radical (unpaired) electrons. The zero-order valence-corrected chi connectivity index (χ0v) is 17.6. The van der Waals surface area contributed by atoms with E-state index in [1.54, 1.807) is 19.1 Å². The summed E-state index contributed by atoms with van der Waals surface area (Å²) in [7, 11) is 0. The molecule has 1 aromatic heterocycles. The first-order chi connectivity index (χ1) is 16.1. The lowest BCUT2D eigenvalue weighted by molar-refractivity contribution is -0.275. The topological polar surface area (TPSA) is 89.5 Å². The summed E-state index contributed by atoms with van der Waals surface area (Å²) in [5, 5.41) is 5.36. The fourth-order valence-electron chi connectivity index (χ4n) is 3.44. The first-order valence-electron chi connectivity index (χ1n) is 9.95. The summed E-state index contributed by atoms with van der Waals surface area (Å²) in [5.41, 5.74) is 1.79. The highest BCUT2D eigenvalue weighted by molar-refractivity contribution is 5.99. The van der Waals surface area contributed by atoms with Gasteiger partial charge < -0.3 is 20.1 Å². The van der Waals surface area contributed by atoms with Crippen LogP contribution in [0.15, 0.2) is 54.7 Å². The third-order valence-corrected chi connectivity index (χ3v) is 4.99. The van der Waals surface area contributed by atoms with Crippen LogP contribution >= 0.6 is 0 Å². The predicted octanol–water partition coefficient (Wildman–Crippen LogP) is 4.28. The molecule has 1 aliphatic rings. The molecule has 7 nitrogen and oxygen atoms in total. The van der Waals surface area contributed by atoms with Crippen LogP contribution in [0.2, 0.25) is 0 Å². The lowest BCUT2D eigenvalue weighted by Gasteiger charge is -2.22. The molecule has 11 heteroatoms. The van der Waals surface area contributed by atoms with Gasteiger partial charge in [0.05, 0.1) is 17.4 Å². The quantitative estimate of drug-likeness (QED) is 0.538. The fraction of sp³-hybridized carbons (Fsp3) is 0.174. The zero-order chi connectivity index (χ0) is 24.5. The number of aromatic nitrogens is 1. The number of aryl methyl sites for hydroxylation is 1. The van der Waals surface area contributed by atoms with E-state index in [9.17, 15) is 27.2 Å². The molecule has 2 aromatic carbocycles. The second-order valence-electron chi connectivity index (χ2n) is 7.40. The molecule has 4 rings (SSSR count). The Morgan fingerprint density at radius 3 is 2.71 bits per heavy atom. The number of ether oxygens (including phenoxy) is 2. The highest BCUT2D eigenvalue weighted by atomic mass is 19.4. The van der Waals surface area contributed by atoms with Crippen LogP contribution in [0, 0.1) is 12.7 Å². The summed E-state index contributed by atoms with van der Waals surface area (Å²) in [4.78, 5) is 28.8. The Morgan fingerprint density at radius 1 is 1.21 bits per heavy atom. The molecular formula is C23H17F4N3O4. The third kappa shape index (κ3) is 5.08. The van der Waals surface area contributed by atoms with E-state index in [2.05, 4.69) is 20.4 Å². The van der Waals surface area contributed by atoms with E-state index in [1.165, 1.54) is 30.5 Å². The summed E-state index contributed by atoms with van der Waals surface area (Å²) >= 11 is 0. The number of carbonyl (C=O) groups is 2. The van der Waals surface area contributed by atoms with Gasteiger partial charge in [0.2, 0.25) is 0 Å². The van der Waals surface area contributed by atoms with Gasteiger partial charge in [-0.15, -0.1) is 13.2 Å². The Bertz CT molecular complexity index is 1260. The van der Waals surface area contributed by atoms with Gasteiger partial charge in [-0.2, -0.15) is 0 Å². The van der Waals surface area contributed by atoms with Gasteiger partial charge in [-0.1, -0.05) is 12.1 Å². The van der Waals surface area contributed by atoms with Crippen molar-refractivity contribution in [1.29, 1.82) is 0 Å². The Hall–Kier alpha value is -4.15. The summed E-state index contributed by atoms with van der Waals surface area (Å²) in [6, 6.07) is 9.73. The van der Waals surface area contributed by atoms with Gasteiger partial charge in [-0.05, 0) is 54.4 Å². The summed E-state index contributed by atoms with van der Waals surface area (Å²) in [5.74, 6) is -2.84. The molecule has 0 aliphatic carbocycles. The zero-order valence-electron chi connectivity index (χ0n) is 17.6. The van der Waals surface area contributed by atoms with Crippen molar-refractivity contribution in [2.75, 3.05) is 11.9 Å². The minimum absolute atomic E-state index is 0.156. The van der Waals surface area contributed by atoms with E-state index in [0.717, 1.165) is 12.1 Å². The van der Waals surface area contributed by atoms with Crippen LogP contribution in [0.25, 0.3) is 0 Å². The van der Waals surface area contributed by atoms with E-state index in [-0.39, 0.29) is 23.6 Å². The van der Waals surface area contributed by atoms with Crippen LogP contribution in [0.1, 0.15) is 33.2 Å². The fourth-order valence-corrected chi connectivity index (χ4v) is 3.44. The van der Waals surface area contributed by atoms with Gasteiger partial charge in [0.1, 0.15) is 5.75 Å². The molecule has 1 unspecified atom stereocenters. The minimum atomic E-state index is -5.05. The number of nitrogens with one attached hydrogen (secondary N) is 2. The van der Waals surface area contributed by atoms with Crippen molar-refractivity contribution < 1.29 is 36.6 Å². The Morgan fingerprint density at radius 2 is 2.00 bits per heavy atom. The number of halogens is 4. The van der Waals surface area contributed by atoms with Crippen LogP contribution in [-0.4, -0.2) is 29.8 Å². The first-order valence-corrected chi connectivity index (χ1v) is 9.95. The number of benzene rings is 2. The first kappa shape index (κ1) is 23.0. The monoisotopic (exact) mass is 475 g/mol. The van der Waals surface area contributed by atoms with Crippen molar-refractivity contribution in [2.24, 2.45) is 0 Å². The lowest BCUT2D eigenvalue weighted by atomic mass is 9.99. The van der Waals surface area contributed by atoms with Crippen molar-refractivity contribution in [1.82, 2.24) is 10.3 Å². The smallest absolute Gasteiger partial charge is 0.482 e. The molecule has 2 amide bonds. The number of nitrogens with zero attached hydrogens (tertiary/aromatic N) is 1. The van der Waals surface area contributed by atoms with Crippen LogP contribution in [-0.2, 0) is 4.79 Å². The van der Waals surface area contributed by atoms with Gasteiger partial charge in [0.15, 0.2) is 18.2 Å². The average molecular weight is 475 g/mol. The summed E-state index contributed by atoms with van der Waals surface area (Å²) in [6.45, 7) is 1.54. The Balaban J connectivity index is 1.67. The molecule has 0 bridgehead atoms. The molecule has 34 heavy (non-hydrogen) atoms. The number of carbonyl (C=O) groups excluding carboxylic acids is 2. The third-order valence-electron chi connectivity index (χ3n) is 4.99. The molecule has 1 aliphatic heterocycles. The van der Waals surface area contributed by atoms with E-state index in [0.29, 0.717) is 22.7 Å². The van der Waals surface area contributed by atoms with Crippen LogP contribution in [0.4, 0.5) is 23.2 Å². The molecule has 176 valence electrons. The van der Waals surface area contributed by atoms with Crippen molar-refractivity contribution in [3.8, 4) is 11.5 Å². The second-order valence-corrected chi connectivity index (χ2v) is 7.40. The van der Waals surface area contributed by atoms with Gasteiger partial charge in [0.25, 0.3) is 11.8 Å². The predicted molar refractivity (Wildman–Crippen MR) is 112 cm³/mol. The average Bonchev–Trinajstić information content (AvgIpc) is 2.78. The van der Waals surface area contributed by atoms with Gasteiger partial charge >= 0.3 is 6.36 Å². The number of fused-ring (bicyclic) bond motifs is 1. The number of pyridine rings is 1. The maximum atomic E-state index is 14.4. The molecule has 2 heterocycles. The standard InChI is InChI=1S/C23H17F4N3O4/c1-12-3-2-8-28-20(12)21(13-5-7-17(15(24)9-13)34-23(25,26)27)30-22(32)14-4-6-16-18(10-14)33-11-19(31)29-16/h2-10,21H,11H2,1H3,(H,29,31)(H,30,32). The highest BCUT2D eigenvalue weighted by Crippen LogP contribution is 2.32. The Labute approximate surface area is 190 Å². The van der Waals surface area contributed by atoms with Crippen LogP contribution < -0.4 is 20.1 Å². The van der Waals surface area contributed by atoms with Crippen molar-refractivity contribution in [3.05, 3.63) is 82.9 Å². The van der Waals surface area contributed by atoms with Crippen molar-refractivity contribution in [2.45, 2.75) is 19.3 Å². The van der Waals surface area contributed by atoms with E-state index in [1.807, 2.05) is 0 Å². The second kappa shape index (κ2) is 9.00. The minimum Gasteiger partial charge on any atom is -0.482 e. The number of alkyl halides is 3. The number of hydrogen-bond donors (Lipinski definition) is 2. The molecular weight excluding hydrogens is 458 g/mol. The molecule has 0 saturated heterocycles. The maximum absolute atomic E-state index is 14.4. The van der Waals surface area contributed by atoms with Crippen LogP contribution in [0.3, 0.4) is 0 Å². The molecule has 0 spiro atoms. The maximum Gasteiger partial charge on any atom is 0.573 e. The van der Waals surface area contributed by atoms with E-state index < -0.39 is 29.9 Å². The van der Waals surface area contributed by atoms with Crippen LogP contribution in [0.5, 0.6) is 11.5 Å². The number of hydrogen-bond acceptors (Lipinski definition) is 5. The number of rotatable bonds is 5. The number of anilines is 1. The largest absolute Gasteiger partial charge is 0.573 e. The molecule has 3 aromatic rings. The van der Waals surface area contributed by atoms with Gasteiger partial charge in [-0.25, -0.2) is 4.39 Å². The lowest BCUT2D eigenvalue weighted by Crippen LogP contribution is -2.31. The van der Waals surface area contributed by atoms with Gasteiger partial charge in [0, 0.05) is 11.8 Å². The summed E-state index contributed by atoms with van der Waals surface area (Å²) in [6.07, 6.45) is -3.57. The highest BCUT2D eigenvalue weighted by Gasteiger charge is 2.33. The van der Waals surface area contributed by atoms with E-state index in [4.69, 9.17) is 4.74 Å². The molecule has 0 fully saturated rings. The normalized spacial score (nSPS) is 13.9. The Kier molecular flexibility index (Phi) is 6.10.